The first-order valence-corrected chi connectivity index (χ1v) is 0.651. The van der Waals surface area contributed by atoms with E-state index in [4.69, 9.17) is 15.0 Å². The SMILES string of the molecule is O=C(O)O.[Ce].[Y]. The third-order valence-corrected chi connectivity index (χ3v) is 0. The van der Waals surface area contributed by atoms with E-state index in [1.165, 1.54) is 0 Å². The fourth-order valence-corrected chi connectivity index (χ4v) is 0. The fraction of sp³-hybridized carbons (Fsp3) is 0. The molecule has 0 rings (SSSR count). The topological polar surface area (TPSA) is 57.5 Å². The Morgan fingerprint density at radius 3 is 1.33 bits per heavy atom. The average molecular weight is 291 g/mol. The van der Waals surface area contributed by atoms with Crippen molar-refractivity contribution in [1.29, 1.82) is 0 Å². The summed E-state index contributed by atoms with van der Waals surface area (Å²) in [7, 11) is 0. The van der Waals surface area contributed by atoms with Crippen LogP contribution in [0, 0.1) is 41.7 Å². The van der Waals surface area contributed by atoms with Crippen molar-refractivity contribution in [2.75, 3.05) is 0 Å². The standard InChI is InChI=1S/CH2O3.Ce.Y/c2-1(3)4;;/h(H2,2,3,4);;. The van der Waals surface area contributed by atoms with Gasteiger partial charge in [-0.2, -0.15) is 0 Å². The molecule has 31 valence electrons. The molecule has 0 bridgehead atoms. The van der Waals surface area contributed by atoms with Crippen molar-refractivity contribution in [3.05, 3.63) is 0 Å². The van der Waals surface area contributed by atoms with Crippen LogP contribution in [0.2, 0.25) is 0 Å². The molecule has 0 unspecified atom stereocenters. The first kappa shape index (κ1) is 15.7. The number of carbonyl (C=O) groups is 1. The summed E-state index contributed by atoms with van der Waals surface area (Å²) >= 11 is 0. The van der Waals surface area contributed by atoms with Gasteiger partial charge in [0.25, 0.3) is 0 Å². The molecule has 1 radical (unpaired) electrons. The zero-order chi connectivity index (χ0) is 3.58. The van der Waals surface area contributed by atoms with E-state index < -0.39 is 6.16 Å². The Kier molecular flexibility index (Phi) is 25.8. The molecule has 3 nitrogen and oxygen atoms in total. The Morgan fingerprint density at radius 2 is 1.33 bits per heavy atom. The van der Waals surface area contributed by atoms with Gasteiger partial charge in [-0.25, -0.2) is 4.79 Å². The molecule has 0 aliphatic heterocycles. The molecule has 0 amide bonds. The van der Waals surface area contributed by atoms with Crippen molar-refractivity contribution in [1.82, 2.24) is 0 Å². The third-order valence-electron chi connectivity index (χ3n) is 0. The van der Waals surface area contributed by atoms with Crippen LogP contribution in [0.25, 0.3) is 0 Å². The first-order chi connectivity index (χ1) is 1.73. The van der Waals surface area contributed by atoms with Gasteiger partial charge in [-0.1, -0.05) is 0 Å². The number of hydrogen-bond acceptors (Lipinski definition) is 1. The van der Waals surface area contributed by atoms with Crippen LogP contribution in [0.1, 0.15) is 0 Å². The van der Waals surface area contributed by atoms with Gasteiger partial charge >= 0.3 is 6.16 Å². The Hall–Kier alpha value is 1.75. The van der Waals surface area contributed by atoms with E-state index >= 15 is 0 Å². The largest absolute Gasteiger partial charge is 0.503 e. The molecule has 2 N–H and O–H groups in total. The normalized spacial score (nSPS) is 4.00. The molecular weight excluding hydrogens is 289 g/mol. The molecule has 0 saturated carbocycles. The van der Waals surface area contributed by atoms with Gasteiger partial charge in [0.15, 0.2) is 0 Å². The smallest absolute Gasteiger partial charge is 0.450 e. The molecule has 0 spiro atoms. The van der Waals surface area contributed by atoms with Crippen LogP contribution >= 0.6 is 0 Å². The quantitative estimate of drug-likeness (QED) is 0.671. The van der Waals surface area contributed by atoms with E-state index in [2.05, 4.69) is 0 Å². The van der Waals surface area contributed by atoms with Gasteiger partial charge in [-0.15, -0.1) is 0 Å². The van der Waals surface area contributed by atoms with Crippen molar-refractivity contribution < 1.29 is 89.5 Å². The van der Waals surface area contributed by atoms with Crippen LogP contribution in [0.5, 0.6) is 0 Å². The second kappa shape index (κ2) is 9.89. The van der Waals surface area contributed by atoms with E-state index in [1.54, 1.807) is 0 Å². The number of hydrogen-bond donors (Lipinski definition) is 2. The van der Waals surface area contributed by atoms with E-state index in [1.807, 2.05) is 0 Å². The maximum atomic E-state index is 8.56. The summed E-state index contributed by atoms with van der Waals surface area (Å²) in [5, 5.41) is 13.9. The average Bonchev–Trinajstić information content (AvgIpc) is 0.811. The van der Waals surface area contributed by atoms with Crippen LogP contribution in [0.4, 0.5) is 4.79 Å². The first-order valence-electron chi connectivity index (χ1n) is 0.651. The predicted molar refractivity (Wildman–Crippen MR) is 10.7 cm³/mol. The minimum Gasteiger partial charge on any atom is -0.450 e. The van der Waals surface area contributed by atoms with Crippen LogP contribution in [0.3, 0.4) is 0 Å². The van der Waals surface area contributed by atoms with Crippen molar-refractivity contribution in [3.63, 3.8) is 0 Å². The molecule has 0 heterocycles. The van der Waals surface area contributed by atoms with Gasteiger partial charge < -0.3 is 10.2 Å². The predicted octanol–water partition coefficient (Wildman–Crippen LogP) is 0.220. The monoisotopic (exact) mass is 291 g/mol. The summed E-state index contributed by atoms with van der Waals surface area (Å²) in [5.41, 5.74) is 0. The maximum Gasteiger partial charge on any atom is 0.503 e. The van der Waals surface area contributed by atoms with Crippen LogP contribution < -0.4 is 0 Å². The molecule has 0 atom stereocenters. The molecule has 0 aromatic heterocycles. The fourth-order valence-electron chi connectivity index (χ4n) is 0. The molecule has 0 saturated heterocycles. The van der Waals surface area contributed by atoms with E-state index in [-0.39, 0.29) is 74.5 Å². The summed E-state index contributed by atoms with van der Waals surface area (Å²) in [6.07, 6.45) is -1.83. The minimum absolute atomic E-state index is 0. The van der Waals surface area contributed by atoms with Crippen molar-refractivity contribution in [2.24, 2.45) is 0 Å². The molecule has 0 aliphatic carbocycles. The zero-order valence-corrected chi connectivity index (χ0v) is 8.86. The van der Waals surface area contributed by atoms with Gasteiger partial charge in [0.1, 0.15) is 0 Å². The van der Waals surface area contributed by atoms with Crippen LogP contribution in [-0.2, 0) is 32.7 Å². The van der Waals surface area contributed by atoms with E-state index in [9.17, 15) is 0 Å². The Labute approximate surface area is 93.8 Å². The van der Waals surface area contributed by atoms with Gasteiger partial charge in [0.05, 0.1) is 0 Å². The number of rotatable bonds is 0. The molecule has 0 aromatic carbocycles. The second-order valence-electron chi connectivity index (χ2n) is 0.283. The van der Waals surface area contributed by atoms with Crippen LogP contribution in [-0.4, -0.2) is 16.4 Å². The van der Waals surface area contributed by atoms with Gasteiger partial charge in [0.2, 0.25) is 0 Å². The molecule has 0 aliphatic rings. The van der Waals surface area contributed by atoms with Gasteiger partial charge in [0, 0.05) is 74.5 Å². The summed E-state index contributed by atoms with van der Waals surface area (Å²) in [4.78, 5) is 8.56. The van der Waals surface area contributed by atoms with E-state index in [0.29, 0.717) is 0 Å². The third kappa shape index (κ3) is 42.4. The van der Waals surface area contributed by atoms with Crippen molar-refractivity contribution in [2.45, 2.75) is 0 Å². The Balaban J connectivity index is -0.0000000450. The van der Waals surface area contributed by atoms with Crippen molar-refractivity contribution >= 4 is 6.16 Å². The summed E-state index contributed by atoms with van der Waals surface area (Å²) in [5.74, 6) is 0. The molecule has 0 fully saturated rings. The molecular formula is CH2CeO3Y. The van der Waals surface area contributed by atoms with Crippen molar-refractivity contribution in [3.8, 4) is 0 Å². The zero-order valence-electron chi connectivity index (χ0n) is 2.88. The summed E-state index contributed by atoms with van der Waals surface area (Å²) < 4.78 is 0. The Morgan fingerprint density at radius 1 is 1.33 bits per heavy atom. The molecule has 5 heteroatoms. The molecule has 0 aromatic rings. The van der Waals surface area contributed by atoms with Gasteiger partial charge in [-0.3, -0.25) is 0 Å². The Bertz CT molecular complexity index is 33.8. The summed E-state index contributed by atoms with van der Waals surface area (Å²) in [6, 6.07) is 0. The maximum absolute atomic E-state index is 8.56. The van der Waals surface area contributed by atoms with E-state index in [0.717, 1.165) is 0 Å². The van der Waals surface area contributed by atoms with Crippen LogP contribution in [0.15, 0.2) is 0 Å². The minimum atomic E-state index is -1.83. The second-order valence-corrected chi connectivity index (χ2v) is 0.283. The number of carboxylic acid groups (broad SMARTS) is 2. The summed E-state index contributed by atoms with van der Waals surface area (Å²) in [6.45, 7) is 0. The van der Waals surface area contributed by atoms with Gasteiger partial charge in [-0.05, 0) is 0 Å². The molecule has 6 heavy (non-hydrogen) atoms.